The Labute approximate surface area is 307 Å². The van der Waals surface area contributed by atoms with Crippen LogP contribution in [0, 0.1) is 13.8 Å². The SMILES string of the molecule is Cc1ccc2c(c1)C(c1ccccc1)(c1ccccc1)c1cc(C)ccc1N2c1ccc2c(c1)C(C)(C)c1ccccc1P2(=S)c1ccccc1. The van der Waals surface area contributed by atoms with Crippen LogP contribution in [0.15, 0.2) is 170 Å². The Morgan fingerprint density at radius 1 is 0.471 bits per heavy atom. The molecule has 1 atom stereocenters. The lowest BCUT2D eigenvalue weighted by Crippen LogP contribution is -2.42. The number of anilines is 3. The molecule has 0 saturated heterocycles. The van der Waals surface area contributed by atoms with Gasteiger partial charge in [-0.1, -0.05) is 182 Å². The fourth-order valence-corrected chi connectivity index (χ4v) is 13.6. The average molecular weight is 694 g/mol. The van der Waals surface area contributed by atoms with E-state index in [1.807, 2.05) is 0 Å². The summed E-state index contributed by atoms with van der Waals surface area (Å²) in [6.07, 6.45) is 0. The van der Waals surface area contributed by atoms with E-state index in [1.54, 1.807) is 0 Å². The Hall–Kier alpha value is -5.01. The van der Waals surface area contributed by atoms with Crippen LogP contribution in [-0.2, 0) is 22.6 Å². The highest BCUT2D eigenvalue weighted by Gasteiger charge is 2.47. The average Bonchev–Trinajstić information content (AvgIpc) is 3.17. The van der Waals surface area contributed by atoms with E-state index < -0.39 is 11.5 Å². The molecule has 2 aliphatic heterocycles. The number of nitrogens with zero attached hydrogens (tertiary/aromatic N) is 1. The minimum atomic E-state index is -2.32. The number of rotatable bonds is 4. The van der Waals surface area contributed by atoms with Crippen molar-refractivity contribution in [2.75, 3.05) is 4.90 Å². The molecule has 9 rings (SSSR count). The van der Waals surface area contributed by atoms with Gasteiger partial charge < -0.3 is 4.90 Å². The van der Waals surface area contributed by atoms with Crippen LogP contribution >= 0.6 is 6.04 Å². The third-order valence-corrected chi connectivity index (χ3v) is 16.3. The van der Waals surface area contributed by atoms with E-state index in [2.05, 4.69) is 202 Å². The van der Waals surface area contributed by atoms with Crippen LogP contribution in [0.1, 0.15) is 58.4 Å². The van der Waals surface area contributed by atoms with Crippen LogP contribution in [0.2, 0.25) is 0 Å². The van der Waals surface area contributed by atoms with Crippen molar-refractivity contribution in [3.63, 3.8) is 0 Å². The fourth-order valence-electron chi connectivity index (χ4n) is 8.91. The highest BCUT2D eigenvalue weighted by atomic mass is 32.4. The molecule has 51 heavy (non-hydrogen) atoms. The summed E-state index contributed by atoms with van der Waals surface area (Å²) in [5, 5.41) is 3.85. The largest absolute Gasteiger partial charge is 0.310 e. The minimum Gasteiger partial charge on any atom is -0.310 e. The van der Waals surface area contributed by atoms with Crippen molar-refractivity contribution < 1.29 is 0 Å². The molecule has 7 aromatic rings. The third kappa shape index (κ3) is 4.56. The van der Waals surface area contributed by atoms with Crippen molar-refractivity contribution in [3.05, 3.63) is 214 Å². The van der Waals surface area contributed by atoms with Gasteiger partial charge in [-0.05, 0) is 87.4 Å². The summed E-state index contributed by atoms with van der Waals surface area (Å²) >= 11 is 6.92. The van der Waals surface area contributed by atoms with Crippen molar-refractivity contribution in [1.82, 2.24) is 0 Å². The van der Waals surface area contributed by atoms with Crippen LogP contribution in [0.5, 0.6) is 0 Å². The molecule has 0 aliphatic carbocycles. The first-order valence-electron chi connectivity index (χ1n) is 17.8. The van der Waals surface area contributed by atoms with Gasteiger partial charge in [0.2, 0.25) is 0 Å². The van der Waals surface area contributed by atoms with Crippen molar-refractivity contribution in [3.8, 4) is 0 Å². The summed E-state index contributed by atoms with van der Waals surface area (Å²) in [4.78, 5) is 2.51. The summed E-state index contributed by atoms with van der Waals surface area (Å²) in [5.74, 6) is 0. The first-order chi connectivity index (χ1) is 24.8. The summed E-state index contributed by atoms with van der Waals surface area (Å²) in [6, 6.07) is 60.8. The first-order valence-corrected chi connectivity index (χ1v) is 20.6. The van der Waals surface area contributed by atoms with Crippen LogP contribution in [0.4, 0.5) is 17.1 Å². The van der Waals surface area contributed by atoms with Gasteiger partial charge >= 0.3 is 0 Å². The number of hydrogen-bond acceptors (Lipinski definition) is 2. The smallest absolute Gasteiger partial charge is 0.0742 e. The van der Waals surface area contributed by atoms with E-state index in [0.29, 0.717) is 0 Å². The molecule has 248 valence electrons. The number of fused-ring (bicyclic) bond motifs is 4. The molecule has 1 unspecified atom stereocenters. The molecule has 0 aromatic heterocycles. The molecule has 0 radical (unpaired) electrons. The normalized spacial score (nSPS) is 17.8. The summed E-state index contributed by atoms with van der Waals surface area (Å²) in [5.41, 5.74) is 13.0. The maximum Gasteiger partial charge on any atom is 0.0742 e. The second-order valence-corrected chi connectivity index (χ2v) is 19.0. The molecule has 2 aliphatic rings. The van der Waals surface area contributed by atoms with Crippen LogP contribution in [0.25, 0.3) is 0 Å². The first kappa shape index (κ1) is 31.9. The molecule has 0 spiro atoms. The van der Waals surface area contributed by atoms with E-state index in [-0.39, 0.29) is 5.41 Å². The Morgan fingerprint density at radius 2 is 0.961 bits per heavy atom. The van der Waals surface area contributed by atoms with Crippen LogP contribution in [0.3, 0.4) is 0 Å². The molecule has 0 N–H and O–H groups in total. The van der Waals surface area contributed by atoms with E-state index in [1.165, 1.54) is 71.8 Å². The van der Waals surface area contributed by atoms with Crippen molar-refractivity contribution >= 4 is 50.8 Å². The summed E-state index contributed by atoms with van der Waals surface area (Å²) < 4.78 is 0. The van der Waals surface area contributed by atoms with Gasteiger partial charge in [-0.2, -0.15) is 0 Å². The molecule has 0 bridgehead atoms. The van der Waals surface area contributed by atoms with Gasteiger partial charge in [-0.15, -0.1) is 0 Å². The second-order valence-electron chi connectivity index (χ2n) is 14.6. The number of aryl methyl sites for hydroxylation is 2. The highest BCUT2D eigenvalue weighted by Crippen LogP contribution is 2.59. The molecule has 2 heterocycles. The maximum absolute atomic E-state index is 6.92. The van der Waals surface area contributed by atoms with Crippen molar-refractivity contribution in [1.29, 1.82) is 0 Å². The topological polar surface area (TPSA) is 3.24 Å². The monoisotopic (exact) mass is 693 g/mol. The molecule has 0 fully saturated rings. The molecule has 7 aromatic carbocycles. The molecule has 0 amide bonds. The van der Waals surface area contributed by atoms with Crippen LogP contribution in [-0.4, -0.2) is 0 Å². The molecule has 0 saturated carbocycles. The predicted molar refractivity (Wildman–Crippen MR) is 221 cm³/mol. The third-order valence-electron chi connectivity index (χ3n) is 11.3. The quantitative estimate of drug-likeness (QED) is 0.169. The van der Waals surface area contributed by atoms with Gasteiger partial charge in [0.1, 0.15) is 0 Å². The highest BCUT2D eigenvalue weighted by molar-refractivity contribution is 8.25. The minimum absolute atomic E-state index is 0.237. The molecule has 1 nitrogen and oxygen atoms in total. The lowest BCUT2D eigenvalue weighted by molar-refractivity contribution is 0.647. The zero-order valence-corrected chi connectivity index (χ0v) is 31.2. The van der Waals surface area contributed by atoms with Gasteiger partial charge in [-0.3, -0.25) is 0 Å². The Bertz CT molecular complexity index is 2410. The Kier molecular flexibility index (Phi) is 7.37. The second kappa shape index (κ2) is 11.8. The van der Waals surface area contributed by atoms with Gasteiger partial charge in [0.05, 0.1) is 16.8 Å². The standard InChI is InChI=1S/C48H40NPS/c1-33-24-27-43-40(30-33)48(35-16-8-5-9-17-35,36-18-10-6-11-19-36)41-31-34(2)25-28-44(41)49(43)37-26-29-46-42(32-37)47(3,4)39-22-14-15-23-45(39)50(46,51)38-20-12-7-13-21-38/h5-32H,1-4H3. The van der Waals surface area contributed by atoms with Gasteiger partial charge in [-0.25, -0.2) is 0 Å². The fraction of sp³-hybridized carbons (Fsp3) is 0.125. The molecule has 3 heteroatoms. The van der Waals surface area contributed by atoms with Crippen molar-refractivity contribution in [2.45, 2.75) is 38.5 Å². The van der Waals surface area contributed by atoms with Crippen molar-refractivity contribution in [2.24, 2.45) is 0 Å². The van der Waals surface area contributed by atoms with E-state index in [9.17, 15) is 0 Å². The summed E-state index contributed by atoms with van der Waals surface area (Å²) in [6.45, 7) is 9.18. The number of benzene rings is 7. The zero-order chi connectivity index (χ0) is 35.0. The predicted octanol–water partition coefficient (Wildman–Crippen LogP) is 10.9. The molecular formula is C48H40NPS. The van der Waals surface area contributed by atoms with Crippen LogP contribution < -0.4 is 20.8 Å². The van der Waals surface area contributed by atoms with Gasteiger partial charge in [0, 0.05) is 17.1 Å². The zero-order valence-electron chi connectivity index (χ0n) is 29.5. The van der Waals surface area contributed by atoms with E-state index >= 15 is 0 Å². The van der Waals surface area contributed by atoms with Gasteiger partial charge in [0.25, 0.3) is 0 Å². The Balaban J connectivity index is 1.35. The number of hydrogen-bond donors (Lipinski definition) is 0. The van der Waals surface area contributed by atoms with E-state index in [0.717, 1.165) is 5.69 Å². The maximum atomic E-state index is 6.92. The summed E-state index contributed by atoms with van der Waals surface area (Å²) in [7, 11) is 0. The lowest BCUT2D eigenvalue weighted by Gasteiger charge is -2.47. The van der Waals surface area contributed by atoms with E-state index in [4.69, 9.17) is 11.8 Å². The Morgan fingerprint density at radius 3 is 1.53 bits per heavy atom. The van der Waals surface area contributed by atoms with Gasteiger partial charge in [0.15, 0.2) is 0 Å². The lowest BCUT2D eigenvalue weighted by atomic mass is 9.62. The molecular weight excluding hydrogens is 654 g/mol.